The molecule has 4 nitrogen and oxygen atoms in total. The molecule has 2 N–H and O–H groups in total. The molecule has 1 heterocycles. The van der Waals surface area contributed by atoms with Gasteiger partial charge in [0.1, 0.15) is 11.6 Å². The minimum atomic E-state index is -0.181. The monoisotopic (exact) mass is 350 g/mol. The Labute approximate surface area is 153 Å². The molecule has 134 valence electrons. The Morgan fingerprint density at radius 1 is 0.885 bits per heavy atom. The second kappa shape index (κ2) is 8.43. The van der Waals surface area contributed by atoms with Crippen molar-refractivity contribution < 1.29 is 4.39 Å². The lowest BCUT2D eigenvalue weighted by molar-refractivity contribution is 0.610. The highest BCUT2D eigenvalue weighted by Crippen LogP contribution is 2.14. The van der Waals surface area contributed by atoms with Gasteiger partial charge in [0, 0.05) is 24.8 Å². The number of benzene rings is 2. The van der Waals surface area contributed by atoms with Crippen molar-refractivity contribution in [3.05, 3.63) is 82.8 Å². The first-order valence-electron chi connectivity index (χ1n) is 8.73. The number of nitrogens with one attached hydrogen (secondary N) is 2. The van der Waals surface area contributed by atoms with Crippen molar-refractivity contribution in [1.29, 1.82) is 0 Å². The van der Waals surface area contributed by atoms with E-state index in [0.717, 1.165) is 11.5 Å². The van der Waals surface area contributed by atoms with Gasteiger partial charge in [0.15, 0.2) is 0 Å². The molecular formula is C21H23FN4. The number of halogens is 1. The van der Waals surface area contributed by atoms with Crippen LogP contribution in [0.15, 0.2) is 54.6 Å². The molecule has 0 unspecified atom stereocenters. The molecule has 3 aromatic rings. The second-order valence-electron chi connectivity index (χ2n) is 6.27. The Hall–Kier alpha value is -2.95. The normalized spacial score (nSPS) is 10.6. The molecule has 0 bridgehead atoms. The van der Waals surface area contributed by atoms with Crippen molar-refractivity contribution in [3.63, 3.8) is 0 Å². The van der Waals surface area contributed by atoms with Crippen LogP contribution in [0.5, 0.6) is 0 Å². The number of rotatable bonds is 7. The highest BCUT2D eigenvalue weighted by atomic mass is 19.1. The van der Waals surface area contributed by atoms with Gasteiger partial charge >= 0.3 is 0 Å². The Bertz CT molecular complexity index is 879. The highest BCUT2D eigenvalue weighted by molar-refractivity contribution is 5.43. The number of anilines is 2. The van der Waals surface area contributed by atoms with Crippen LogP contribution in [0.1, 0.15) is 22.4 Å². The summed E-state index contributed by atoms with van der Waals surface area (Å²) >= 11 is 0. The maximum atomic E-state index is 13.7. The van der Waals surface area contributed by atoms with Crippen LogP contribution >= 0.6 is 0 Å². The number of aryl methyl sites for hydroxylation is 2. The Morgan fingerprint density at radius 3 is 2.38 bits per heavy atom. The maximum absolute atomic E-state index is 13.7. The van der Waals surface area contributed by atoms with E-state index in [9.17, 15) is 4.39 Å². The van der Waals surface area contributed by atoms with E-state index in [1.807, 2.05) is 31.2 Å². The molecule has 0 amide bonds. The van der Waals surface area contributed by atoms with Crippen molar-refractivity contribution in [2.24, 2.45) is 0 Å². The number of hydrogen-bond donors (Lipinski definition) is 2. The average Bonchev–Trinajstić information content (AvgIpc) is 2.62. The van der Waals surface area contributed by atoms with Gasteiger partial charge in [0.05, 0.1) is 0 Å². The summed E-state index contributed by atoms with van der Waals surface area (Å²) < 4.78 is 13.7. The molecule has 5 heteroatoms. The van der Waals surface area contributed by atoms with E-state index in [0.29, 0.717) is 31.0 Å². The van der Waals surface area contributed by atoms with Crippen LogP contribution in [0.4, 0.5) is 16.2 Å². The molecule has 0 saturated heterocycles. The van der Waals surface area contributed by atoms with Crippen LogP contribution in [0.25, 0.3) is 0 Å². The van der Waals surface area contributed by atoms with Gasteiger partial charge in [-0.15, -0.1) is 0 Å². The predicted octanol–water partition coefficient (Wildman–Crippen LogP) is 4.50. The van der Waals surface area contributed by atoms with Crippen molar-refractivity contribution in [3.8, 4) is 0 Å². The van der Waals surface area contributed by atoms with E-state index >= 15 is 0 Å². The lowest BCUT2D eigenvalue weighted by Crippen LogP contribution is -2.11. The second-order valence-corrected chi connectivity index (χ2v) is 6.27. The first-order valence-corrected chi connectivity index (χ1v) is 8.73. The van der Waals surface area contributed by atoms with Crippen molar-refractivity contribution in [2.45, 2.75) is 26.8 Å². The summed E-state index contributed by atoms with van der Waals surface area (Å²) in [7, 11) is 0. The Balaban J connectivity index is 1.60. The predicted molar refractivity (Wildman–Crippen MR) is 104 cm³/mol. The molecule has 0 radical (unpaired) electrons. The van der Waals surface area contributed by atoms with Gasteiger partial charge in [-0.1, -0.05) is 42.5 Å². The molecule has 26 heavy (non-hydrogen) atoms. The third kappa shape index (κ3) is 4.79. The van der Waals surface area contributed by atoms with E-state index in [-0.39, 0.29) is 5.82 Å². The first kappa shape index (κ1) is 17.9. The molecule has 0 saturated carbocycles. The highest BCUT2D eigenvalue weighted by Gasteiger charge is 2.05. The van der Waals surface area contributed by atoms with Crippen LogP contribution < -0.4 is 10.6 Å². The molecule has 0 aliphatic carbocycles. The number of aromatic nitrogens is 2. The van der Waals surface area contributed by atoms with Gasteiger partial charge in [0.2, 0.25) is 5.95 Å². The Kier molecular flexibility index (Phi) is 5.79. The van der Waals surface area contributed by atoms with Crippen molar-refractivity contribution >= 4 is 11.8 Å². The van der Waals surface area contributed by atoms with Crippen LogP contribution in [0, 0.1) is 19.7 Å². The van der Waals surface area contributed by atoms with Gasteiger partial charge in [-0.2, -0.15) is 4.98 Å². The number of hydrogen-bond acceptors (Lipinski definition) is 4. The first-order chi connectivity index (χ1) is 12.6. The fourth-order valence-corrected chi connectivity index (χ4v) is 2.74. The summed E-state index contributed by atoms with van der Waals surface area (Å²) in [5.41, 5.74) is 4.04. The van der Waals surface area contributed by atoms with E-state index < -0.39 is 0 Å². The maximum Gasteiger partial charge on any atom is 0.224 e. The summed E-state index contributed by atoms with van der Waals surface area (Å²) in [5, 5.41) is 6.53. The molecule has 2 aromatic carbocycles. The van der Waals surface area contributed by atoms with E-state index in [1.165, 1.54) is 17.2 Å². The van der Waals surface area contributed by atoms with E-state index in [1.54, 1.807) is 12.1 Å². The van der Waals surface area contributed by atoms with Gasteiger partial charge in [-0.05, 0) is 43.0 Å². The minimum absolute atomic E-state index is 0.181. The van der Waals surface area contributed by atoms with Crippen LogP contribution in [-0.4, -0.2) is 16.5 Å². The standard InChI is InChI=1S/C21H23FN4/c1-15-7-3-4-9-18(15)14-24-20-13-16(2)25-21(26-20)23-12-11-17-8-5-6-10-19(17)22/h3-10,13H,11-12,14H2,1-2H3,(H2,23,24,25,26). The summed E-state index contributed by atoms with van der Waals surface area (Å²) in [6, 6.07) is 17.0. The molecule has 0 aliphatic rings. The van der Waals surface area contributed by atoms with E-state index in [2.05, 4.69) is 39.7 Å². The smallest absolute Gasteiger partial charge is 0.224 e. The molecule has 3 rings (SSSR count). The fourth-order valence-electron chi connectivity index (χ4n) is 2.74. The van der Waals surface area contributed by atoms with E-state index in [4.69, 9.17) is 0 Å². The minimum Gasteiger partial charge on any atom is -0.366 e. The van der Waals surface area contributed by atoms with Crippen LogP contribution in [-0.2, 0) is 13.0 Å². The molecule has 0 aliphatic heterocycles. The summed E-state index contributed by atoms with van der Waals surface area (Å²) in [5.74, 6) is 1.14. The third-order valence-electron chi connectivity index (χ3n) is 4.21. The summed E-state index contributed by atoms with van der Waals surface area (Å²) in [6.45, 7) is 5.31. The van der Waals surface area contributed by atoms with Crippen LogP contribution in [0.3, 0.4) is 0 Å². The largest absolute Gasteiger partial charge is 0.366 e. The lowest BCUT2D eigenvalue weighted by atomic mass is 10.1. The molecular weight excluding hydrogens is 327 g/mol. The zero-order chi connectivity index (χ0) is 18.4. The third-order valence-corrected chi connectivity index (χ3v) is 4.21. The van der Waals surface area contributed by atoms with Crippen molar-refractivity contribution in [2.75, 3.05) is 17.2 Å². The SMILES string of the molecule is Cc1cc(NCc2ccccc2C)nc(NCCc2ccccc2F)n1. The van der Waals surface area contributed by atoms with Gasteiger partial charge in [-0.25, -0.2) is 9.37 Å². The lowest BCUT2D eigenvalue weighted by Gasteiger charge is -2.11. The average molecular weight is 350 g/mol. The van der Waals surface area contributed by atoms with Gasteiger partial charge in [-0.3, -0.25) is 0 Å². The summed E-state index contributed by atoms with van der Waals surface area (Å²) in [6.07, 6.45) is 0.579. The molecule has 0 spiro atoms. The van der Waals surface area contributed by atoms with Crippen molar-refractivity contribution in [1.82, 2.24) is 9.97 Å². The molecule has 1 aromatic heterocycles. The number of nitrogens with zero attached hydrogens (tertiary/aromatic N) is 2. The Morgan fingerprint density at radius 2 is 1.62 bits per heavy atom. The van der Waals surface area contributed by atoms with Gasteiger partial charge < -0.3 is 10.6 Å². The van der Waals surface area contributed by atoms with Gasteiger partial charge in [0.25, 0.3) is 0 Å². The zero-order valence-corrected chi connectivity index (χ0v) is 15.1. The van der Waals surface area contributed by atoms with Crippen LogP contribution in [0.2, 0.25) is 0 Å². The summed E-state index contributed by atoms with van der Waals surface area (Å²) in [4.78, 5) is 8.91. The quantitative estimate of drug-likeness (QED) is 0.659. The fraction of sp³-hybridized carbons (Fsp3) is 0.238. The molecule has 0 fully saturated rings. The zero-order valence-electron chi connectivity index (χ0n) is 15.1. The molecule has 0 atom stereocenters. The topological polar surface area (TPSA) is 49.8 Å².